The van der Waals surface area contributed by atoms with Gasteiger partial charge in [-0.3, -0.25) is 4.79 Å². The lowest BCUT2D eigenvalue weighted by molar-refractivity contribution is -0.122. The first-order chi connectivity index (χ1) is 11.8. The summed E-state index contributed by atoms with van der Waals surface area (Å²) in [5, 5.41) is 3.02. The first-order valence-electron chi connectivity index (χ1n) is 8.54. The Labute approximate surface area is 143 Å². The van der Waals surface area contributed by atoms with Crippen LogP contribution in [0.15, 0.2) is 54.6 Å². The van der Waals surface area contributed by atoms with Crippen molar-refractivity contribution in [2.24, 2.45) is 11.7 Å². The van der Waals surface area contributed by atoms with Crippen LogP contribution < -0.4 is 15.8 Å². The molecule has 0 heterocycles. The summed E-state index contributed by atoms with van der Waals surface area (Å²) in [6.07, 6.45) is 2.68. The molecule has 1 saturated carbocycles. The highest BCUT2D eigenvalue weighted by atomic mass is 16.5. The molecule has 0 spiro atoms. The minimum Gasteiger partial charge on any atom is -0.492 e. The molecule has 1 unspecified atom stereocenters. The third-order valence-corrected chi connectivity index (χ3v) is 4.35. The van der Waals surface area contributed by atoms with Gasteiger partial charge in [0.25, 0.3) is 0 Å². The standard InChI is InChI=1S/C20H24N2O2/c21-14-18(16-10-11-16)22-20(23)12-13-24-19-9-5-4-8-17(19)15-6-2-1-3-7-15/h1-9,16,18H,10-14,21H2,(H,22,23). The number of amides is 1. The number of hydrogen-bond donors (Lipinski definition) is 2. The predicted molar refractivity (Wildman–Crippen MR) is 95.7 cm³/mol. The normalized spacial score (nSPS) is 14.9. The van der Waals surface area contributed by atoms with Crippen LogP contribution >= 0.6 is 0 Å². The van der Waals surface area contributed by atoms with Crippen molar-refractivity contribution in [3.05, 3.63) is 54.6 Å². The fourth-order valence-electron chi connectivity index (χ4n) is 2.85. The van der Waals surface area contributed by atoms with Crippen LogP contribution in [0.2, 0.25) is 0 Å². The molecule has 3 rings (SSSR count). The summed E-state index contributed by atoms with van der Waals surface area (Å²) in [5.41, 5.74) is 7.86. The molecule has 126 valence electrons. The summed E-state index contributed by atoms with van der Waals surface area (Å²) in [5.74, 6) is 1.38. The molecule has 0 saturated heterocycles. The van der Waals surface area contributed by atoms with Crippen molar-refractivity contribution < 1.29 is 9.53 Å². The lowest BCUT2D eigenvalue weighted by Crippen LogP contribution is -2.42. The molecule has 1 aliphatic carbocycles. The molecule has 0 bridgehead atoms. The van der Waals surface area contributed by atoms with E-state index in [-0.39, 0.29) is 11.9 Å². The van der Waals surface area contributed by atoms with E-state index < -0.39 is 0 Å². The van der Waals surface area contributed by atoms with E-state index in [1.165, 1.54) is 12.8 Å². The number of hydrogen-bond acceptors (Lipinski definition) is 3. The van der Waals surface area contributed by atoms with Gasteiger partial charge in [-0.2, -0.15) is 0 Å². The third kappa shape index (κ3) is 4.36. The van der Waals surface area contributed by atoms with E-state index in [2.05, 4.69) is 17.4 Å². The van der Waals surface area contributed by atoms with Gasteiger partial charge in [0.1, 0.15) is 5.75 Å². The zero-order chi connectivity index (χ0) is 16.8. The molecule has 0 radical (unpaired) electrons. The molecular formula is C20H24N2O2. The van der Waals surface area contributed by atoms with E-state index in [4.69, 9.17) is 10.5 Å². The van der Waals surface area contributed by atoms with Gasteiger partial charge in [-0.15, -0.1) is 0 Å². The third-order valence-electron chi connectivity index (χ3n) is 4.35. The monoisotopic (exact) mass is 324 g/mol. The molecule has 2 aromatic carbocycles. The smallest absolute Gasteiger partial charge is 0.223 e. The zero-order valence-corrected chi connectivity index (χ0v) is 13.8. The van der Waals surface area contributed by atoms with Crippen molar-refractivity contribution in [3.8, 4) is 16.9 Å². The quantitative estimate of drug-likeness (QED) is 0.784. The Hall–Kier alpha value is -2.33. The van der Waals surface area contributed by atoms with Crippen LogP contribution in [0.1, 0.15) is 19.3 Å². The zero-order valence-electron chi connectivity index (χ0n) is 13.8. The van der Waals surface area contributed by atoms with Gasteiger partial charge >= 0.3 is 0 Å². The fourth-order valence-corrected chi connectivity index (χ4v) is 2.85. The van der Waals surface area contributed by atoms with Crippen LogP contribution in [0.25, 0.3) is 11.1 Å². The van der Waals surface area contributed by atoms with Crippen molar-refractivity contribution in [1.82, 2.24) is 5.32 Å². The number of carbonyl (C=O) groups is 1. The van der Waals surface area contributed by atoms with E-state index in [0.717, 1.165) is 16.9 Å². The molecule has 3 N–H and O–H groups in total. The van der Waals surface area contributed by atoms with Crippen molar-refractivity contribution in [1.29, 1.82) is 0 Å². The minimum atomic E-state index is 0.00884. The summed E-state index contributed by atoms with van der Waals surface area (Å²) >= 11 is 0. The van der Waals surface area contributed by atoms with Gasteiger partial charge < -0.3 is 15.8 Å². The summed E-state index contributed by atoms with van der Waals surface area (Å²) in [7, 11) is 0. The van der Waals surface area contributed by atoms with Crippen LogP contribution in [-0.2, 0) is 4.79 Å². The highest BCUT2D eigenvalue weighted by molar-refractivity contribution is 5.76. The van der Waals surface area contributed by atoms with Gasteiger partial charge in [0, 0.05) is 18.2 Å². The molecule has 1 fully saturated rings. The van der Waals surface area contributed by atoms with Crippen molar-refractivity contribution in [2.75, 3.05) is 13.2 Å². The second-order valence-corrected chi connectivity index (χ2v) is 6.21. The molecule has 1 atom stereocenters. The van der Waals surface area contributed by atoms with Crippen LogP contribution in [0.3, 0.4) is 0 Å². The highest BCUT2D eigenvalue weighted by Gasteiger charge is 2.31. The molecule has 1 amide bonds. The lowest BCUT2D eigenvalue weighted by atomic mass is 10.1. The van der Waals surface area contributed by atoms with E-state index in [0.29, 0.717) is 25.5 Å². The number of carbonyl (C=O) groups excluding carboxylic acids is 1. The molecule has 0 aliphatic heterocycles. The number of nitrogens with one attached hydrogen (secondary N) is 1. The van der Waals surface area contributed by atoms with Crippen LogP contribution in [0.5, 0.6) is 5.75 Å². The van der Waals surface area contributed by atoms with Gasteiger partial charge in [0.2, 0.25) is 5.91 Å². The van der Waals surface area contributed by atoms with Gasteiger partial charge in [-0.1, -0.05) is 48.5 Å². The fraction of sp³-hybridized carbons (Fsp3) is 0.350. The van der Waals surface area contributed by atoms with E-state index in [9.17, 15) is 4.79 Å². The molecular weight excluding hydrogens is 300 g/mol. The number of rotatable bonds is 8. The molecule has 2 aromatic rings. The van der Waals surface area contributed by atoms with Crippen molar-refractivity contribution in [2.45, 2.75) is 25.3 Å². The summed E-state index contributed by atoms with van der Waals surface area (Å²) in [4.78, 5) is 12.0. The van der Waals surface area contributed by atoms with E-state index >= 15 is 0 Å². The van der Waals surface area contributed by atoms with Gasteiger partial charge in [0.05, 0.1) is 13.0 Å². The average Bonchev–Trinajstić information content (AvgIpc) is 3.46. The molecule has 4 nitrogen and oxygen atoms in total. The molecule has 4 heteroatoms. The topological polar surface area (TPSA) is 64.3 Å². The maximum Gasteiger partial charge on any atom is 0.223 e. The molecule has 24 heavy (non-hydrogen) atoms. The van der Waals surface area contributed by atoms with Crippen molar-refractivity contribution in [3.63, 3.8) is 0 Å². The Bertz CT molecular complexity index is 668. The van der Waals surface area contributed by atoms with E-state index in [1.54, 1.807) is 0 Å². The van der Waals surface area contributed by atoms with Gasteiger partial charge in [0.15, 0.2) is 0 Å². The summed E-state index contributed by atoms with van der Waals surface area (Å²) < 4.78 is 5.86. The van der Waals surface area contributed by atoms with Crippen LogP contribution in [0.4, 0.5) is 0 Å². The average molecular weight is 324 g/mol. The van der Waals surface area contributed by atoms with Crippen LogP contribution in [-0.4, -0.2) is 25.1 Å². The predicted octanol–water partition coefficient (Wildman–Crippen LogP) is 2.98. The maximum absolute atomic E-state index is 12.0. The maximum atomic E-state index is 12.0. The second-order valence-electron chi connectivity index (χ2n) is 6.21. The lowest BCUT2D eigenvalue weighted by Gasteiger charge is -2.16. The Kier molecular flexibility index (Phi) is 5.49. The molecule has 1 aliphatic rings. The first-order valence-corrected chi connectivity index (χ1v) is 8.54. The van der Waals surface area contributed by atoms with Gasteiger partial charge in [-0.05, 0) is 30.4 Å². The summed E-state index contributed by atoms with van der Waals surface area (Å²) in [6.45, 7) is 0.867. The Morgan fingerprint density at radius 3 is 2.54 bits per heavy atom. The Balaban J connectivity index is 1.54. The Morgan fingerprint density at radius 1 is 1.12 bits per heavy atom. The number of para-hydroxylation sites is 1. The largest absolute Gasteiger partial charge is 0.492 e. The highest BCUT2D eigenvalue weighted by Crippen LogP contribution is 2.32. The second kappa shape index (κ2) is 7.97. The number of nitrogens with two attached hydrogens (primary N) is 1. The number of benzene rings is 2. The first kappa shape index (κ1) is 16.5. The van der Waals surface area contributed by atoms with Crippen molar-refractivity contribution >= 4 is 5.91 Å². The minimum absolute atomic E-state index is 0.00884. The molecule has 0 aromatic heterocycles. The SMILES string of the molecule is NCC(NC(=O)CCOc1ccccc1-c1ccccc1)C1CC1. The summed E-state index contributed by atoms with van der Waals surface area (Å²) in [6, 6.07) is 18.1. The Morgan fingerprint density at radius 2 is 1.83 bits per heavy atom. The van der Waals surface area contributed by atoms with Gasteiger partial charge in [-0.25, -0.2) is 0 Å². The number of ether oxygens (including phenoxy) is 1. The van der Waals surface area contributed by atoms with Crippen LogP contribution in [0, 0.1) is 5.92 Å². The van der Waals surface area contributed by atoms with E-state index in [1.807, 2.05) is 42.5 Å².